The predicted molar refractivity (Wildman–Crippen MR) is 321 cm³/mol. The fourth-order valence-corrected chi connectivity index (χ4v) is 10.1. The van der Waals surface area contributed by atoms with Gasteiger partial charge in [0.05, 0.1) is 34.7 Å². The topological polar surface area (TPSA) is 266 Å². The van der Waals surface area contributed by atoms with E-state index in [2.05, 4.69) is 113 Å². The number of fused-ring (bicyclic) bond motifs is 3. The lowest BCUT2D eigenvalue weighted by Gasteiger charge is -2.39. The van der Waals surface area contributed by atoms with Crippen molar-refractivity contribution in [3.63, 3.8) is 0 Å². The molecule has 8 rings (SSSR count). The molecule has 0 aliphatic carbocycles. The summed E-state index contributed by atoms with van der Waals surface area (Å²) in [5.41, 5.74) is 5.23. The standard InChI is InChI=1S/C25H36N6O2.C16H30N4O.C9H7ClN2O.C8H5ClN2O.3H2/c1-6-13-31-14-11-25(17-26,12-15-31)29-22(32)19(16-24(2,3)4)27-21-18-9-7-8-10-20(18)30(5)23(33)28-21;1-5-8-20-9-6-16(12-17,7-10-20)19-14(21)13(18)11-15(2,3)4;1-12-7-5-3-2-4-6(7)8(10)11-9(12)13;9-7-5-3-1-2-4-6(5)10-8(12)11-7;;;/h7-10,19H,6,11-16H2,1-5H3,(H,29,32)(H,27,28,33);13H,5-11,18H2,1-4H3,(H,19,21);2-5H,1H3;1-4H,(H,10,11,12);3*1H/t19-;13-;;;;;/m00...../s1. The van der Waals surface area contributed by atoms with Gasteiger partial charge in [0.25, 0.3) is 0 Å². The summed E-state index contributed by atoms with van der Waals surface area (Å²) in [5.74, 6) is -0.0423. The number of halogens is 2. The Morgan fingerprint density at radius 3 is 1.62 bits per heavy atom. The summed E-state index contributed by atoms with van der Waals surface area (Å²) in [6, 6.07) is 25.6. The van der Waals surface area contributed by atoms with Crippen LogP contribution in [0.1, 0.15) is 111 Å². The number of carbonyl (C=O) groups excluding carboxylic acids is 2. The summed E-state index contributed by atoms with van der Waals surface area (Å²) in [5, 5.41) is 31.6. The second-order valence-corrected chi connectivity index (χ2v) is 23.6. The Morgan fingerprint density at radius 1 is 0.684 bits per heavy atom. The summed E-state index contributed by atoms with van der Waals surface area (Å²) >= 11 is 11.6. The normalized spacial score (nSPS) is 16.0. The number of para-hydroxylation sites is 3. The van der Waals surface area contributed by atoms with E-state index in [-0.39, 0.29) is 43.5 Å². The molecular weight excluding hydrogens is 1040 g/mol. The lowest BCUT2D eigenvalue weighted by molar-refractivity contribution is -0.125. The minimum absolute atomic E-state index is 0. The molecule has 6 aromatic rings. The fourth-order valence-electron chi connectivity index (χ4n) is 9.60. The van der Waals surface area contributed by atoms with Crippen LogP contribution < -0.4 is 38.8 Å². The number of anilines is 1. The molecule has 0 unspecified atom stereocenters. The van der Waals surface area contributed by atoms with Gasteiger partial charge in [-0.15, -0.1) is 0 Å². The number of hydrogen-bond acceptors (Lipinski definition) is 14. The van der Waals surface area contributed by atoms with Crippen LogP contribution in [0.5, 0.6) is 0 Å². The molecule has 3 aromatic carbocycles. The van der Waals surface area contributed by atoms with Crippen LogP contribution in [0.3, 0.4) is 0 Å². The molecule has 19 nitrogen and oxygen atoms in total. The van der Waals surface area contributed by atoms with Crippen LogP contribution in [0.4, 0.5) is 5.82 Å². The number of hydrogen-bond donors (Lipinski definition) is 5. The van der Waals surface area contributed by atoms with Gasteiger partial charge in [-0.3, -0.25) is 23.7 Å². The lowest BCUT2D eigenvalue weighted by atomic mass is 9.85. The third-order valence-corrected chi connectivity index (χ3v) is 14.4. The summed E-state index contributed by atoms with van der Waals surface area (Å²) in [6.07, 6.45) is 5.88. The molecular formula is C58H84Cl2N14O5. The summed E-state index contributed by atoms with van der Waals surface area (Å²) in [7, 11) is 3.36. The molecule has 2 amide bonds. The number of piperidine rings is 2. The highest BCUT2D eigenvalue weighted by Gasteiger charge is 2.39. The van der Waals surface area contributed by atoms with Gasteiger partial charge >= 0.3 is 17.1 Å². The Balaban J connectivity index is 0.000000400. The maximum atomic E-state index is 13.5. The maximum absolute atomic E-state index is 13.5. The highest BCUT2D eigenvalue weighted by Crippen LogP contribution is 2.29. The quantitative estimate of drug-likeness (QED) is 0.0719. The molecule has 5 heterocycles. The molecule has 2 aliphatic heterocycles. The Kier molecular flexibility index (Phi) is 22.3. The zero-order valence-corrected chi connectivity index (χ0v) is 48.9. The predicted octanol–water partition coefficient (Wildman–Crippen LogP) is 8.57. The van der Waals surface area contributed by atoms with Crippen molar-refractivity contribution in [3.8, 4) is 12.1 Å². The van der Waals surface area contributed by atoms with E-state index in [1.807, 2.05) is 60.7 Å². The molecule has 6 N–H and O–H groups in total. The van der Waals surface area contributed by atoms with Gasteiger partial charge < -0.3 is 31.5 Å². The number of carbonyl (C=O) groups is 2. The summed E-state index contributed by atoms with van der Waals surface area (Å²) in [4.78, 5) is 79.0. The van der Waals surface area contributed by atoms with Crippen molar-refractivity contribution in [2.45, 2.75) is 130 Å². The summed E-state index contributed by atoms with van der Waals surface area (Å²) < 4.78 is 2.97. The molecule has 0 saturated carbocycles. The number of nitrogens with zero attached hydrogens (tertiary/aromatic N) is 9. The number of benzene rings is 3. The first kappa shape index (κ1) is 63.1. The van der Waals surface area contributed by atoms with E-state index in [1.165, 1.54) is 9.13 Å². The van der Waals surface area contributed by atoms with Crippen LogP contribution in [0.15, 0.2) is 87.2 Å². The van der Waals surface area contributed by atoms with E-state index in [1.54, 1.807) is 26.2 Å². The smallest absolute Gasteiger partial charge is 0.349 e. The zero-order valence-electron chi connectivity index (χ0n) is 47.4. The molecule has 2 saturated heterocycles. The number of nitriles is 2. The van der Waals surface area contributed by atoms with Gasteiger partial charge in [0.2, 0.25) is 11.8 Å². The van der Waals surface area contributed by atoms with Crippen molar-refractivity contribution in [1.29, 1.82) is 10.5 Å². The van der Waals surface area contributed by atoms with E-state index in [4.69, 9.17) is 28.9 Å². The van der Waals surface area contributed by atoms with Crippen LogP contribution in [0, 0.1) is 33.5 Å². The molecule has 21 heteroatoms. The SMILES string of the molecule is CCCN1CCC(C#N)(NC(=O)[C@@H](N)CC(C)(C)C)CC1.CCCN1CCC(C#N)(NC(=O)[C@H](CC(C)(C)C)Nc2nc(=O)n(C)c3ccccc23)CC1.Cn1c(=O)nc(Cl)c2ccccc21.O=c1nc2ccccc2c(Cl)[nH]1.[HH].[HH].[HH]. The Bertz CT molecular complexity index is 3330. The number of nitrogens with one attached hydrogen (secondary N) is 4. The monoisotopic (exact) mass is 1130 g/mol. The average molecular weight is 1130 g/mol. The highest BCUT2D eigenvalue weighted by atomic mass is 35.5. The molecule has 2 atom stereocenters. The lowest BCUT2D eigenvalue weighted by Crippen LogP contribution is -2.58. The first-order valence-electron chi connectivity index (χ1n) is 26.9. The van der Waals surface area contributed by atoms with Crippen molar-refractivity contribution in [2.24, 2.45) is 30.7 Å². The van der Waals surface area contributed by atoms with Gasteiger partial charge in [0, 0.05) is 60.7 Å². The number of aromatic nitrogens is 6. The molecule has 2 aliphatic rings. The molecule has 430 valence electrons. The Labute approximate surface area is 477 Å². The van der Waals surface area contributed by atoms with Crippen molar-refractivity contribution in [3.05, 3.63) is 115 Å². The van der Waals surface area contributed by atoms with E-state index in [0.29, 0.717) is 55.0 Å². The highest BCUT2D eigenvalue weighted by molar-refractivity contribution is 6.34. The molecule has 79 heavy (non-hydrogen) atoms. The van der Waals surface area contributed by atoms with Crippen LogP contribution in [0.2, 0.25) is 10.3 Å². The second kappa shape index (κ2) is 27.9. The number of aryl methyl sites for hydroxylation is 2. The van der Waals surface area contributed by atoms with Gasteiger partial charge in [-0.25, -0.2) is 14.4 Å². The Hall–Kier alpha value is -6.74. The zero-order chi connectivity index (χ0) is 58.3. The van der Waals surface area contributed by atoms with E-state index < -0.39 is 28.9 Å². The summed E-state index contributed by atoms with van der Waals surface area (Å²) in [6.45, 7) is 22.0. The van der Waals surface area contributed by atoms with Crippen LogP contribution in [-0.2, 0) is 23.7 Å². The van der Waals surface area contributed by atoms with E-state index >= 15 is 0 Å². The third-order valence-electron chi connectivity index (χ3n) is 13.8. The largest absolute Gasteiger partial charge is 0.358 e. The number of nitrogens with two attached hydrogens (primary N) is 1. The molecule has 0 bridgehead atoms. The minimum Gasteiger partial charge on any atom is -0.358 e. The number of likely N-dealkylation sites (tertiary alicyclic amines) is 2. The maximum Gasteiger partial charge on any atom is 0.349 e. The van der Waals surface area contributed by atoms with Crippen molar-refractivity contribution >= 4 is 73.5 Å². The number of H-pyrrole nitrogens is 1. The average Bonchev–Trinajstić information content (AvgIpc) is 3.62. The van der Waals surface area contributed by atoms with Crippen molar-refractivity contribution in [2.75, 3.05) is 44.6 Å². The van der Waals surface area contributed by atoms with Gasteiger partial charge in [0.15, 0.2) is 0 Å². The first-order chi connectivity index (χ1) is 37.3. The molecule has 2 fully saturated rings. The van der Waals surface area contributed by atoms with Crippen LogP contribution in [-0.4, -0.2) is 113 Å². The number of aromatic amines is 1. The van der Waals surface area contributed by atoms with Gasteiger partial charge in [0.1, 0.15) is 33.2 Å². The third kappa shape index (κ3) is 17.9. The van der Waals surface area contributed by atoms with E-state index in [0.717, 1.165) is 79.3 Å². The van der Waals surface area contributed by atoms with E-state index in [9.17, 15) is 34.5 Å². The van der Waals surface area contributed by atoms with Gasteiger partial charge in [-0.1, -0.05) is 115 Å². The van der Waals surface area contributed by atoms with Crippen molar-refractivity contribution < 1.29 is 13.9 Å². The van der Waals surface area contributed by atoms with Gasteiger partial charge in [-0.2, -0.15) is 25.5 Å². The molecule has 0 spiro atoms. The number of amides is 2. The van der Waals surface area contributed by atoms with Crippen LogP contribution >= 0.6 is 23.2 Å². The van der Waals surface area contributed by atoms with Crippen molar-refractivity contribution in [1.82, 2.24) is 49.5 Å². The first-order valence-corrected chi connectivity index (χ1v) is 27.7. The molecule has 3 aromatic heterocycles. The Morgan fingerprint density at radius 2 is 1.13 bits per heavy atom. The minimum atomic E-state index is -0.874. The number of rotatable bonds is 12. The second-order valence-electron chi connectivity index (χ2n) is 22.8. The van der Waals surface area contributed by atoms with Gasteiger partial charge in [-0.05, 0) is 112 Å². The fraction of sp³-hybridized carbons (Fsp3) is 0.517. The molecule has 0 radical (unpaired) electrons. The van der Waals surface area contributed by atoms with Crippen LogP contribution in [0.25, 0.3) is 32.7 Å².